The molecule has 1 aromatic carbocycles. The quantitative estimate of drug-likeness (QED) is 0.899. The number of nitrogens with one attached hydrogen (secondary N) is 1. The van der Waals surface area contributed by atoms with Gasteiger partial charge in [-0.1, -0.05) is 43.5 Å². The van der Waals surface area contributed by atoms with Gasteiger partial charge in [-0.25, -0.2) is 0 Å². The van der Waals surface area contributed by atoms with Crippen molar-refractivity contribution < 1.29 is 0 Å². The fraction of sp³-hybridized carbons (Fsp3) is 0.600. The van der Waals surface area contributed by atoms with Gasteiger partial charge in [-0.3, -0.25) is 0 Å². The third kappa shape index (κ3) is 4.01. The van der Waals surface area contributed by atoms with Gasteiger partial charge >= 0.3 is 0 Å². The summed E-state index contributed by atoms with van der Waals surface area (Å²) in [6, 6.07) is 6.33. The van der Waals surface area contributed by atoms with E-state index < -0.39 is 0 Å². The van der Waals surface area contributed by atoms with Gasteiger partial charge in [0.25, 0.3) is 0 Å². The van der Waals surface area contributed by atoms with Crippen LogP contribution >= 0.6 is 23.2 Å². The number of benzene rings is 1. The molecule has 2 unspecified atom stereocenters. The van der Waals surface area contributed by atoms with Crippen LogP contribution in [0, 0.1) is 5.92 Å². The number of hydrogen-bond acceptors (Lipinski definition) is 2. The molecule has 4 heteroatoms. The Kier molecular flexibility index (Phi) is 5.37. The Morgan fingerprint density at radius 1 is 1.32 bits per heavy atom. The number of nitrogens with zero attached hydrogens (tertiary/aromatic N) is 1. The molecule has 1 aromatic rings. The van der Waals surface area contributed by atoms with Crippen molar-refractivity contribution in [2.24, 2.45) is 5.92 Å². The first-order valence-electron chi connectivity index (χ1n) is 7.04. The van der Waals surface area contributed by atoms with Gasteiger partial charge in [0.15, 0.2) is 0 Å². The van der Waals surface area contributed by atoms with Crippen LogP contribution < -0.4 is 10.2 Å². The van der Waals surface area contributed by atoms with Crippen molar-refractivity contribution in [3.8, 4) is 0 Å². The summed E-state index contributed by atoms with van der Waals surface area (Å²) in [5, 5.41) is 5.07. The molecule has 1 saturated heterocycles. The minimum absolute atomic E-state index is 0.533. The SMILES string of the molecule is CCC(C)C1CN(c2cc(Cl)cc(Cl)c2)CCCN1. The largest absolute Gasteiger partial charge is 0.370 e. The standard InChI is InChI=1S/C15H22Cl2N2/c1-3-11(2)15-10-19(6-4-5-18-15)14-8-12(16)7-13(17)9-14/h7-9,11,15,18H,3-6,10H2,1-2H3. The van der Waals surface area contributed by atoms with Crippen LogP contribution in [-0.4, -0.2) is 25.7 Å². The van der Waals surface area contributed by atoms with Crippen molar-refractivity contribution in [2.75, 3.05) is 24.5 Å². The lowest BCUT2D eigenvalue weighted by molar-refractivity contribution is 0.384. The molecule has 1 aliphatic heterocycles. The minimum Gasteiger partial charge on any atom is -0.370 e. The van der Waals surface area contributed by atoms with E-state index in [2.05, 4.69) is 24.1 Å². The van der Waals surface area contributed by atoms with E-state index in [1.165, 1.54) is 6.42 Å². The normalized spacial score (nSPS) is 22.1. The average Bonchev–Trinajstić information content (AvgIpc) is 2.62. The lowest BCUT2D eigenvalue weighted by Gasteiger charge is -2.29. The third-order valence-corrected chi connectivity index (χ3v) is 4.41. The molecular formula is C15H22Cl2N2. The second-order valence-electron chi connectivity index (χ2n) is 5.37. The number of hydrogen-bond donors (Lipinski definition) is 1. The van der Waals surface area contributed by atoms with Gasteiger partial charge in [0.2, 0.25) is 0 Å². The Hall–Kier alpha value is -0.440. The minimum atomic E-state index is 0.533. The Balaban J connectivity index is 2.17. The fourth-order valence-electron chi connectivity index (χ4n) is 2.57. The van der Waals surface area contributed by atoms with E-state index >= 15 is 0 Å². The van der Waals surface area contributed by atoms with Gasteiger partial charge in [0.1, 0.15) is 0 Å². The fourth-order valence-corrected chi connectivity index (χ4v) is 3.09. The van der Waals surface area contributed by atoms with E-state index in [1.54, 1.807) is 6.07 Å². The van der Waals surface area contributed by atoms with Crippen LogP contribution in [0.2, 0.25) is 10.0 Å². The van der Waals surface area contributed by atoms with Gasteiger partial charge in [-0.2, -0.15) is 0 Å². The van der Waals surface area contributed by atoms with E-state index in [9.17, 15) is 0 Å². The molecule has 1 fully saturated rings. The molecule has 0 saturated carbocycles. The predicted molar refractivity (Wildman–Crippen MR) is 84.5 cm³/mol. The van der Waals surface area contributed by atoms with Gasteiger partial charge in [-0.05, 0) is 37.1 Å². The molecule has 19 heavy (non-hydrogen) atoms. The number of halogens is 2. The maximum Gasteiger partial charge on any atom is 0.0441 e. The summed E-state index contributed by atoms with van der Waals surface area (Å²) in [6.07, 6.45) is 2.35. The highest BCUT2D eigenvalue weighted by Gasteiger charge is 2.22. The zero-order valence-electron chi connectivity index (χ0n) is 11.6. The summed E-state index contributed by atoms with van der Waals surface area (Å²) >= 11 is 12.2. The predicted octanol–water partition coefficient (Wildman–Crippen LogP) is 4.21. The van der Waals surface area contributed by atoms with Crippen LogP contribution in [0.3, 0.4) is 0 Å². The maximum atomic E-state index is 6.11. The van der Waals surface area contributed by atoms with Crippen LogP contribution in [0.15, 0.2) is 18.2 Å². The van der Waals surface area contributed by atoms with Crippen molar-refractivity contribution in [3.05, 3.63) is 28.2 Å². The highest BCUT2D eigenvalue weighted by molar-refractivity contribution is 6.35. The lowest BCUT2D eigenvalue weighted by Crippen LogP contribution is -2.42. The smallest absolute Gasteiger partial charge is 0.0441 e. The highest BCUT2D eigenvalue weighted by atomic mass is 35.5. The summed E-state index contributed by atoms with van der Waals surface area (Å²) in [5.41, 5.74) is 1.13. The molecule has 1 heterocycles. The molecular weight excluding hydrogens is 279 g/mol. The maximum absolute atomic E-state index is 6.11. The molecule has 1 N–H and O–H groups in total. The molecule has 2 nitrogen and oxygen atoms in total. The van der Waals surface area contributed by atoms with Crippen LogP contribution in [0.1, 0.15) is 26.7 Å². The first kappa shape index (κ1) is 15.0. The molecule has 0 aliphatic carbocycles. The Labute approximate surface area is 126 Å². The molecule has 106 valence electrons. The van der Waals surface area contributed by atoms with Gasteiger partial charge in [0, 0.05) is 34.9 Å². The van der Waals surface area contributed by atoms with E-state index in [4.69, 9.17) is 23.2 Å². The monoisotopic (exact) mass is 300 g/mol. The Morgan fingerprint density at radius 2 is 2.00 bits per heavy atom. The first-order valence-corrected chi connectivity index (χ1v) is 7.80. The van der Waals surface area contributed by atoms with Gasteiger partial charge < -0.3 is 10.2 Å². The topological polar surface area (TPSA) is 15.3 Å². The summed E-state index contributed by atoms with van der Waals surface area (Å²) in [7, 11) is 0. The molecule has 0 amide bonds. The van der Waals surface area contributed by atoms with Crippen LogP contribution in [-0.2, 0) is 0 Å². The van der Waals surface area contributed by atoms with E-state index in [1.807, 2.05) is 12.1 Å². The van der Waals surface area contributed by atoms with Crippen molar-refractivity contribution in [1.82, 2.24) is 5.32 Å². The van der Waals surface area contributed by atoms with Crippen LogP contribution in [0.5, 0.6) is 0 Å². The molecule has 0 spiro atoms. The average molecular weight is 301 g/mol. The molecule has 0 bridgehead atoms. The highest BCUT2D eigenvalue weighted by Crippen LogP contribution is 2.27. The number of rotatable bonds is 3. The second-order valence-corrected chi connectivity index (χ2v) is 6.25. The van der Waals surface area contributed by atoms with Crippen LogP contribution in [0.4, 0.5) is 5.69 Å². The zero-order valence-corrected chi connectivity index (χ0v) is 13.1. The van der Waals surface area contributed by atoms with Crippen molar-refractivity contribution in [2.45, 2.75) is 32.7 Å². The molecule has 0 aromatic heterocycles. The van der Waals surface area contributed by atoms with Crippen LogP contribution in [0.25, 0.3) is 0 Å². The number of anilines is 1. The van der Waals surface area contributed by atoms with Gasteiger partial charge in [0.05, 0.1) is 0 Å². The summed E-state index contributed by atoms with van der Waals surface area (Å²) in [5.74, 6) is 0.676. The first-order chi connectivity index (χ1) is 9.10. The zero-order chi connectivity index (χ0) is 13.8. The van der Waals surface area contributed by atoms with Crippen molar-refractivity contribution >= 4 is 28.9 Å². The molecule has 0 radical (unpaired) electrons. The Bertz CT molecular complexity index is 402. The van der Waals surface area contributed by atoms with E-state index in [0.29, 0.717) is 22.0 Å². The molecule has 2 rings (SSSR count). The van der Waals surface area contributed by atoms with Gasteiger partial charge in [-0.15, -0.1) is 0 Å². The van der Waals surface area contributed by atoms with Crippen molar-refractivity contribution in [1.29, 1.82) is 0 Å². The Morgan fingerprint density at radius 3 is 2.63 bits per heavy atom. The van der Waals surface area contributed by atoms with E-state index in [-0.39, 0.29) is 0 Å². The van der Waals surface area contributed by atoms with Crippen molar-refractivity contribution in [3.63, 3.8) is 0 Å². The molecule has 2 atom stereocenters. The summed E-state index contributed by atoms with van der Waals surface area (Å²) in [6.45, 7) is 7.71. The lowest BCUT2D eigenvalue weighted by atomic mass is 9.99. The summed E-state index contributed by atoms with van der Waals surface area (Å²) in [4.78, 5) is 2.40. The molecule has 1 aliphatic rings. The summed E-state index contributed by atoms with van der Waals surface area (Å²) < 4.78 is 0. The second kappa shape index (κ2) is 6.83. The van der Waals surface area contributed by atoms with E-state index in [0.717, 1.165) is 31.7 Å². The third-order valence-electron chi connectivity index (χ3n) is 3.97.